The summed E-state index contributed by atoms with van der Waals surface area (Å²) in [5.74, 6) is 0.893. The molecule has 0 saturated carbocycles. The molecule has 6 heteroatoms. The Balaban J connectivity index is 1.72. The number of hydrogen-bond donors (Lipinski definition) is 1. The number of nitrogens with one attached hydrogen (secondary N) is 1. The van der Waals surface area contributed by atoms with Gasteiger partial charge in [0.15, 0.2) is 5.69 Å². The Morgan fingerprint density at radius 3 is 2.52 bits per heavy atom. The van der Waals surface area contributed by atoms with Crippen molar-refractivity contribution < 1.29 is 9.32 Å². The number of aryl methyl sites for hydroxylation is 1. The van der Waals surface area contributed by atoms with Crippen molar-refractivity contribution in [2.24, 2.45) is 0 Å². The summed E-state index contributed by atoms with van der Waals surface area (Å²) in [4.78, 5) is 12.2. The van der Waals surface area contributed by atoms with Gasteiger partial charge in [-0.15, -0.1) is 0 Å². The highest BCUT2D eigenvalue weighted by Gasteiger charge is 2.15. The Labute approximate surface area is 146 Å². The van der Waals surface area contributed by atoms with Crippen molar-refractivity contribution >= 4 is 11.7 Å². The predicted octanol–water partition coefficient (Wildman–Crippen LogP) is 3.78. The van der Waals surface area contributed by atoms with Gasteiger partial charge in [0.2, 0.25) is 0 Å². The van der Waals surface area contributed by atoms with Crippen LogP contribution < -0.4 is 5.32 Å². The molecule has 0 atom stereocenters. The van der Waals surface area contributed by atoms with Crippen LogP contribution in [0, 0.1) is 6.92 Å². The molecule has 6 nitrogen and oxygen atoms in total. The summed E-state index contributed by atoms with van der Waals surface area (Å²) in [7, 11) is 0. The Morgan fingerprint density at radius 1 is 1.20 bits per heavy atom. The molecule has 2 heterocycles. The van der Waals surface area contributed by atoms with E-state index in [-0.39, 0.29) is 17.0 Å². The molecule has 2 aromatic heterocycles. The molecule has 1 amide bonds. The highest BCUT2D eigenvalue weighted by atomic mass is 16.5. The van der Waals surface area contributed by atoms with Gasteiger partial charge in [0.1, 0.15) is 11.6 Å². The Bertz CT molecular complexity index is 869. The standard InChI is InChI=1S/C19H22N4O2/c1-13-11-16(22-25-13)18(24)21-17-9-10-20-23(17)12-14-5-7-15(8-6-14)19(2,3)4/h5-11H,12H2,1-4H3,(H,21,24). The highest BCUT2D eigenvalue weighted by molar-refractivity contribution is 6.02. The molecule has 0 fully saturated rings. The van der Waals surface area contributed by atoms with Gasteiger partial charge < -0.3 is 9.84 Å². The number of hydrogen-bond acceptors (Lipinski definition) is 4. The fourth-order valence-electron chi connectivity index (χ4n) is 2.50. The number of carbonyl (C=O) groups is 1. The van der Waals surface area contributed by atoms with Crippen molar-refractivity contribution in [3.63, 3.8) is 0 Å². The quantitative estimate of drug-likeness (QED) is 0.786. The normalized spacial score (nSPS) is 11.5. The molecule has 0 aliphatic rings. The average molecular weight is 338 g/mol. The number of nitrogens with zero attached hydrogens (tertiary/aromatic N) is 3. The molecule has 0 unspecified atom stereocenters. The monoisotopic (exact) mass is 338 g/mol. The number of carbonyl (C=O) groups excluding carboxylic acids is 1. The van der Waals surface area contributed by atoms with E-state index < -0.39 is 0 Å². The minimum Gasteiger partial charge on any atom is -0.361 e. The van der Waals surface area contributed by atoms with Crippen LogP contribution in [0.2, 0.25) is 0 Å². The second-order valence-corrected chi connectivity index (χ2v) is 7.10. The predicted molar refractivity (Wildman–Crippen MR) is 95.7 cm³/mol. The van der Waals surface area contributed by atoms with Crippen LogP contribution in [-0.4, -0.2) is 20.8 Å². The van der Waals surface area contributed by atoms with E-state index in [0.717, 1.165) is 5.56 Å². The molecule has 0 aliphatic heterocycles. The van der Waals surface area contributed by atoms with Crippen LogP contribution in [0.15, 0.2) is 47.1 Å². The molecular formula is C19H22N4O2. The fraction of sp³-hybridized carbons (Fsp3) is 0.316. The zero-order chi connectivity index (χ0) is 18.0. The van der Waals surface area contributed by atoms with Gasteiger partial charge in [-0.1, -0.05) is 50.2 Å². The van der Waals surface area contributed by atoms with Crippen LogP contribution in [0.1, 0.15) is 48.1 Å². The summed E-state index contributed by atoms with van der Waals surface area (Å²) >= 11 is 0. The third-order valence-electron chi connectivity index (χ3n) is 3.97. The van der Waals surface area contributed by atoms with Crippen LogP contribution in [0.5, 0.6) is 0 Å². The molecular weight excluding hydrogens is 316 g/mol. The van der Waals surface area contributed by atoms with Crippen LogP contribution in [-0.2, 0) is 12.0 Å². The lowest BCUT2D eigenvalue weighted by Crippen LogP contribution is -2.16. The molecule has 0 spiro atoms. The van der Waals surface area contributed by atoms with E-state index >= 15 is 0 Å². The van der Waals surface area contributed by atoms with Crippen LogP contribution in [0.25, 0.3) is 0 Å². The molecule has 0 aliphatic carbocycles. The second-order valence-electron chi connectivity index (χ2n) is 7.10. The molecule has 0 saturated heterocycles. The smallest absolute Gasteiger partial charge is 0.278 e. The van der Waals surface area contributed by atoms with Crippen molar-refractivity contribution in [1.29, 1.82) is 0 Å². The van der Waals surface area contributed by atoms with Gasteiger partial charge in [0, 0.05) is 12.1 Å². The molecule has 25 heavy (non-hydrogen) atoms. The Kier molecular flexibility index (Phi) is 4.44. The minimum atomic E-state index is -0.318. The summed E-state index contributed by atoms with van der Waals surface area (Å²) in [6.07, 6.45) is 1.66. The van der Waals surface area contributed by atoms with Crippen molar-refractivity contribution in [2.45, 2.75) is 39.7 Å². The van der Waals surface area contributed by atoms with E-state index in [1.54, 1.807) is 29.9 Å². The van der Waals surface area contributed by atoms with Crippen molar-refractivity contribution in [3.8, 4) is 0 Å². The largest absolute Gasteiger partial charge is 0.361 e. The first kappa shape index (κ1) is 17.0. The van der Waals surface area contributed by atoms with E-state index in [4.69, 9.17) is 4.52 Å². The zero-order valence-corrected chi connectivity index (χ0v) is 14.9. The molecule has 1 aromatic carbocycles. The van der Waals surface area contributed by atoms with Gasteiger partial charge >= 0.3 is 0 Å². The van der Waals surface area contributed by atoms with Crippen LogP contribution in [0.3, 0.4) is 0 Å². The maximum Gasteiger partial charge on any atom is 0.278 e. The van der Waals surface area contributed by atoms with E-state index in [0.29, 0.717) is 18.1 Å². The van der Waals surface area contributed by atoms with Crippen LogP contribution in [0.4, 0.5) is 5.82 Å². The summed E-state index contributed by atoms with van der Waals surface area (Å²) in [6.45, 7) is 8.89. The first-order valence-corrected chi connectivity index (χ1v) is 8.19. The van der Waals surface area contributed by atoms with Gasteiger partial charge in [-0.3, -0.25) is 4.79 Å². The van der Waals surface area contributed by atoms with Gasteiger partial charge in [0.05, 0.1) is 12.7 Å². The van der Waals surface area contributed by atoms with E-state index in [9.17, 15) is 4.79 Å². The number of aromatic nitrogens is 3. The van der Waals surface area contributed by atoms with Crippen molar-refractivity contribution in [3.05, 3.63) is 65.2 Å². The number of amides is 1. The number of rotatable bonds is 4. The topological polar surface area (TPSA) is 73.0 Å². The zero-order valence-electron chi connectivity index (χ0n) is 14.9. The molecule has 0 radical (unpaired) electrons. The van der Waals surface area contributed by atoms with Gasteiger partial charge in [0.25, 0.3) is 5.91 Å². The lowest BCUT2D eigenvalue weighted by atomic mass is 9.87. The van der Waals surface area contributed by atoms with Crippen molar-refractivity contribution in [1.82, 2.24) is 14.9 Å². The molecule has 3 aromatic rings. The minimum absolute atomic E-state index is 0.124. The Hall–Kier alpha value is -2.89. The van der Waals surface area contributed by atoms with Crippen molar-refractivity contribution in [2.75, 3.05) is 5.32 Å². The maximum absolute atomic E-state index is 12.2. The SMILES string of the molecule is Cc1cc(C(=O)Nc2ccnn2Cc2ccc(C(C)(C)C)cc2)no1. The summed E-state index contributed by atoms with van der Waals surface area (Å²) < 4.78 is 6.68. The van der Waals surface area contributed by atoms with E-state index in [1.807, 2.05) is 0 Å². The number of benzene rings is 1. The molecule has 0 bridgehead atoms. The average Bonchev–Trinajstić information content (AvgIpc) is 3.16. The second kappa shape index (κ2) is 6.55. The fourth-order valence-corrected chi connectivity index (χ4v) is 2.50. The molecule has 130 valence electrons. The van der Waals surface area contributed by atoms with E-state index in [2.05, 4.69) is 60.6 Å². The van der Waals surface area contributed by atoms with Gasteiger partial charge in [-0.05, 0) is 23.5 Å². The number of anilines is 1. The highest BCUT2D eigenvalue weighted by Crippen LogP contribution is 2.22. The van der Waals surface area contributed by atoms with E-state index in [1.165, 1.54) is 5.56 Å². The lowest BCUT2D eigenvalue weighted by molar-refractivity contribution is 0.101. The summed E-state index contributed by atoms with van der Waals surface area (Å²) in [6, 6.07) is 11.8. The third kappa shape index (κ3) is 3.96. The van der Waals surface area contributed by atoms with Crippen LogP contribution >= 0.6 is 0 Å². The third-order valence-corrected chi connectivity index (χ3v) is 3.97. The maximum atomic E-state index is 12.2. The first-order chi connectivity index (χ1) is 11.8. The Morgan fingerprint density at radius 2 is 1.92 bits per heavy atom. The summed E-state index contributed by atoms with van der Waals surface area (Å²) in [5.41, 5.74) is 2.77. The van der Waals surface area contributed by atoms with Gasteiger partial charge in [-0.2, -0.15) is 5.10 Å². The molecule has 1 N–H and O–H groups in total. The lowest BCUT2D eigenvalue weighted by Gasteiger charge is -2.19. The molecule has 3 rings (SSSR count). The summed E-state index contributed by atoms with van der Waals surface area (Å²) in [5, 5.41) is 10.8. The van der Waals surface area contributed by atoms with Gasteiger partial charge in [-0.25, -0.2) is 4.68 Å². The first-order valence-electron chi connectivity index (χ1n) is 8.19.